The lowest BCUT2D eigenvalue weighted by atomic mass is 10.00. The van der Waals surface area contributed by atoms with Crippen molar-refractivity contribution in [3.63, 3.8) is 0 Å². The molecule has 0 unspecified atom stereocenters. The quantitative estimate of drug-likeness (QED) is 0.726. The van der Waals surface area contributed by atoms with E-state index in [2.05, 4.69) is 15.0 Å². The Bertz CT molecular complexity index is 1030. The first-order valence-corrected chi connectivity index (χ1v) is 9.24. The Hall–Kier alpha value is -2.76. The summed E-state index contributed by atoms with van der Waals surface area (Å²) in [7, 11) is 0. The lowest BCUT2D eigenvalue weighted by molar-refractivity contribution is 0.331. The van der Waals surface area contributed by atoms with Gasteiger partial charge in [0.1, 0.15) is 0 Å². The molecule has 0 bridgehead atoms. The van der Waals surface area contributed by atoms with E-state index in [1.165, 1.54) is 12.8 Å². The molecule has 26 heavy (non-hydrogen) atoms. The summed E-state index contributed by atoms with van der Waals surface area (Å²) in [6.45, 7) is 4.45. The minimum absolute atomic E-state index is 0.00507. The lowest BCUT2D eigenvalue weighted by Gasteiger charge is -2.40. The number of hydrogen-bond donors (Lipinski definition) is 0. The molecule has 1 saturated heterocycles. The smallest absolute Gasteiger partial charge is 0.266 e. The summed E-state index contributed by atoms with van der Waals surface area (Å²) >= 11 is 0. The van der Waals surface area contributed by atoms with E-state index in [1.807, 2.05) is 37.3 Å². The van der Waals surface area contributed by atoms with Crippen LogP contribution in [0.2, 0.25) is 0 Å². The first-order valence-electron chi connectivity index (χ1n) is 9.24. The second-order valence-electron chi connectivity index (χ2n) is 7.45. The highest BCUT2D eigenvalue weighted by molar-refractivity contribution is 5.76. The number of hydrogen-bond acceptors (Lipinski definition) is 5. The van der Waals surface area contributed by atoms with Gasteiger partial charge in [-0.15, -0.1) is 0 Å². The highest BCUT2D eigenvalue weighted by Gasteiger charge is 2.31. The van der Waals surface area contributed by atoms with Crippen molar-refractivity contribution in [3.8, 4) is 0 Å². The second kappa shape index (κ2) is 5.90. The standard InChI is InChI=1S/C20H21N5O/c1-13-20(22-18-5-3-2-4-17(18)21-13)24-10-14(11-24)12-25-19(26)9-8-16(23-25)15-6-7-15/h2-5,8-9,14-15H,6-7,10-12H2,1H3. The molecular weight excluding hydrogens is 326 g/mol. The van der Waals surface area contributed by atoms with Crippen LogP contribution < -0.4 is 10.5 Å². The molecule has 0 atom stereocenters. The van der Waals surface area contributed by atoms with Crippen molar-refractivity contribution >= 4 is 16.9 Å². The molecule has 1 aliphatic carbocycles. The Kier molecular flexibility index (Phi) is 3.51. The molecule has 0 spiro atoms. The zero-order valence-electron chi connectivity index (χ0n) is 14.8. The first kappa shape index (κ1) is 15.5. The van der Waals surface area contributed by atoms with Crippen molar-refractivity contribution in [3.05, 3.63) is 58.1 Å². The molecule has 2 aliphatic rings. The Morgan fingerprint density at radius 1 is 1.04 bits per heavy atom. The molecule has 3 aromatic rings. The van der Waals surface area contributed by atoms with Gasteiger partial charge in [-0.25, -0.2) is 14.6 Å². The third-order valence-corrected chi connectivity index (χ3v) is 5.29. The van der Waals surface area contributed by atoms with Gasteiger partial charge in [0, 0.05) is 31.0 Å². The van der Waals surface area contributed by atoms with Gasteiger partial charge >= 0.3 is 0 Å². The van der Waals surface area contributed by atoms with Gasteiger partial charge in [0.05, 0.1) is 29.0 Å². The van der Waals surface area contributed by atoms with Gasteiger partial charge in [-0.1, -0.05) is 12.1 Å². The maximum Gasteiger partial charge on any atom is 0.266 e. The highest BCUT2D eigenvalue weighted by atomic mass is 16.1. The lowest BCUT2D eigenvalue weighted by Crippen LogP contribution is -2.50. The summed E-state index contributed by atoms with van der Waals surface area (Å²) in [5.74, 6) is 1.93. The molecule has 6 heteroatoms. The Morgan fingerprint density at radius 2 is 1.77 bits per heavy atom. The normalized spacial score (nSPS) is 17.5. The molecule has 6 nitrogen and oxygen atoms in total. The van der Waals surface area contributed by atoms with Crippen molar-refractivity contribution < 1.29 is 0 Å². The number of para-hydroxylation sites is 2. The van der Waals surface area contributed by atoms with E-state index in [0.29, 0.717) is 18.4 Å². The number of aromatic nitrogens is 4. The predicted octanol–water partition coefficient (Wildman–Crippen LogP) is 2.51. The van der Waals surface area contributed by atoms with Crippen molar-refractivity contribution in [1.82, 2.24) is 19.7 Å². The fraction of sp³-hybridized carbons (Fsp3) is 0.400. The van der Waals surface area contributed by atoms with E-state index < -0.39 is 0 Å². The predicted molar refractivity (Wildman–Crippen MR) is 100 cm³/mol. The van der Waals surface area contributed by atoms with E-state index in [4.69, 9.17) is 4.98 Å². The summed E-state index contributed by atoms with van der Waals surface area (Å²) in [5, 5.41) is 4.57. The molecular formula is C20H21N5O. The molecule has 1 saturated carbocycles. The molecule has 132 valence electrons. The van der Waals surface area contributed by atoms with Gasteiger partial charge in [0.15, 0.2) is 5.82 Å². The van der Waals surface area contributed by atoms with Gasteiger partial charge in [-0.05, 0) is 38.0 Å². The monoisotopic (exact) mass is 347 g/mol. The number of rotatable bonds is 4. The van der Waals surface area contributed by atoms with E-state index >= 15 is 0 Å². The minimum Gasteiger partial charge on any atom is -0.354 e. The average Bonchev–Trinajstić information content (AvgIpc) is 3.44. The SMILES string of the molecule is Cc1nc2ccccc2nc1N1CC(Cn2nc(C3CC3)ccc2=O)C1. The molecule has 1 aliphatic heterocycles. The van der Waals surface area contributed by atoms with E-state index in [-0.39, 0.29) is 5.56 Å². The van der Waals surface area contributed by atoms with Gasteiger partial charge < -0.3 is 4.90 Å². The van der Waals surface area contributed by atoms with E-state index in [9.17, 15) is 4.79 Å². The molecule has 3 heterocycles. The molecule has 2 aromatic heterocycles. The molecule has 0 radical (unpaired) electrons. The van der Waals surface area contributed by atoms with Crippen LogP contribution >= 0.6 is 0 Å². The molecule has 0 amide bonds. The maximum atomic E-state index is 12.1. The zero-order valence-corrected chi connectivity index (χ0v) is 14.8. The third-order valence-electron chi connectivity index (χ3n) is 5.29. The van der Waals surface area contributed by atoms with Crippen LogP contribution in [0.5, 0.6) is 0 Å². The van der Waals surface area contributed by atoms with Crippen molar-refractivity contribution in [2.24, 2.45) is 5.92 Å². The summed E-state index contributed by atoms with van der Waals surface area (Å²) in [4.78, 5) is 23.8. The van der Waals surface area contributed by atoms with E-state index in [0.717, 1.165) is 41.3 Å². The fourth-order valence-electron chi connectivity index (χ4n) is 3.67. The van der Waals surface area contributed by atoms with Gasteiger partial charge in [0.25, 0.3) is 5.56 Å². The summed E-state index contributed by atoms with van der Waals surface area (Å²) in [6, 6.07) is 11.5. The number of anilines is 1. The maximum absolute atomic E-state index is 12.1. The van der Waals surface area contributed by atoms with E-state index in [1.54, 1.807) is 10.7 Å². The van der Waals surface area contributed by atoms with Gasteiger partial charge in [0.2, 0.25) is 0 Å². The first-order chi connectivity index (χ1) is 12.7. The Balaban J connectivity index is 1.31. The van der Waals surface area contributed by atoms with Crippen molar-refractivity contribution in [1.29, 1.82) is 0 Å². The van der Waals surface area contributed by atoms with Crippen LogP contribution in [-0.2, 0) is 6.54 Å². The molecule has 2 fully saturated rings. The number of nitrogens with zero attached hydrogens (tertiary/aromatic N) is 5. The van der Waals surface area contributed by atoms with Gasteiger partial charge in [-0.2, -0.15) is 5.10 Å². The summed E-state index contributed by atoms with van der Waals surface area (Å²) in [5.41, 5.74) is 3.87. The van der Waals surface area contributed by atoms with Crippen LogP contribution in [0, 0.1) is 12.8 Å². The average molecular weight is 347 g/mol. The Morgan fingerprint density at radius 3 is 2.50 bits per heavy atom. The highest BCUT2D eigenvalue weighted by Crippen LogP contribution is 2.38. The van der Waals surface area contributed by atoms with Crippen LogP contribution in [0.25, 0.3) is 11.0 Å². The Labute approximate surface area is 151 Å². The largest absolute Gasteiger partial charge is 0.354 e. The molecule has 0 N–H and O–H groups in total. The summed E-state index contributed by atoms with van der Waals surface area (Å²) in [6.07, 6.45) is 2.39. The number of aryl methyl sites for hydroxylation is 1. The van der Waals surface area contributed by atoms with Crippen molar-refractivity contribution in [2.75, 3.05) is 18.0 Å². The second-order valence-corrected chi connectivity index (χ2v) is 7.45. The third kappa shape index (κ3) is 2.75. The number of benzene rings is 1. The molecule has 5 rings (SSSR count). The summed E-state index contributed by atoms with van der Waals surface area (Å²) < 4.78 is 1.65. The van der Waals surface area contributed by atoms with Gasteiger partial charge in [-0.3, -0.25) is 4.79 Å². The zero-order chi connectivity index (χ0) is 17.7. The number of fused-ring (bicyclic) bond motifs is 1. The van der Waals surface area contributed by atoms with Crippen LogP contribution in [-0.4, -0.2) is 32.8 Å². The van der Waals surface area contributed by atoms with Crippen LogP contribution in [0.1, 0.15) is 30.1 Å². The fourth-order valence-corrected chi connectivity index (χ4v) is 3.67. The van der Waals surface area contributed by atoms with Crippen LogP contribution in [0.15, 0.2) is 41.2 Å². The van der Waals surface area contributed by atoms with Crippen molar-refractivity contribution in [2.45, 2.75) is 32.2 Å². The minimum atomic E-state index is -0.00507. The molecule has 1 aromatic carbocycles. The topological polar surface area (TPSA) is 63.9 Å². The van der Waals surface area contributed by atoms with Crippen LogP contribution in [0.4, 0.5) is 5.82 Å². The van der Waals surface area contributed by atoms with Crippen LogP contribution in [0.3, 0.4) is 0 Å².